The smallest absolute Gasteiger partial charge is 0.312 e. The molecule has 0 aromatic carbocycles. The van der Waals surface area contributed by atoms with Gasteiger partial charge in [-0.1, -0.05) is 13.8 Å². The molecule has 5 aliphatic rings. The number of hydrogen-bond acceptors (Lipinski definition) is 4. The molecule has 0 spiro atoms. The van der Waals surface area contributed by atoms with Crippen molar-refractivity contribution < 1.29 is 19.1 Å². The zero-order valence-electron chi connectivity index (χ0n) is 16.2. The van der Waals surface area contributed by atoms with Gasteiger partial charge in [0.2, 0.25) is 0 Å². The second kappa shape index (κ2) is 5.97. The van der Waals surface area contributed by atoms with E-state index in [0.717, 1.165) is 53.8 Å². The number of carbonyl (C=O) groups is 2. The molecule has 144 valence electrons. The average molecular weight is 360 g/mol. The van der Waals surface area contributed by atoms with Gasteiger partial charge in [-0.05, 0) is 85.4 Å². The van der Waals surface area contributed by atoms with Crippen molar-refractivity contribution in [2.75, 3.05) is 6.61 Å². The molecule has 0 radical (unpaired) electrons. The summed E-state index contributed by atoms with van der Waals surface area (Å²) in [7, 11) is 0. The molecule has 26 heavy (non-hydrogen) atoms. The van der Waals surface area contributed by atoms with Crippen molar-refractivity contribution in [3.63, 3.8) is 0 Å². The topological polar surface area (TPSA) is 52.6 Å². The molecule has 1 heterocycles. The molecule has 0 N–H and O–H groups in total. The Morgan fingerprint density at radius 1 is 1.12 bits per heavy atom. The van der Waals surface area contributed by atoms with Crippen LogP contribution in [0.3, 0.4) is 0 Å². The molecule has 1 saturated heterocycles. The Hall–Kier alpha value is -1.06. The van der Waals surface area contributed by atoms with Crippen LogP contribution in [-0.2, 0) is 19.1 Å². The Kier molecular flexibility index (Phi) is 3.92. The van der Waals surface area contributed by atoms with Gasteiger partial charge in [-0.25, -0.2) is 0 Å². The summed E-state index contributed by atoms with van der Waals surface area (Å²) in [5.74, 6) is 7.16. The monoisotopic (exact) mass is 360 g/mol. The van der Waals surface area contributed by atoms with Gasteiger partial charge in [0.1, 0.15) is 6.10 Å². The molecule has 0 aromatic rings. The molecule has 5 fully saturated rings. The summed E-state index contributed by atoms with van der Waals surface area (Å²) >= 11 is 0. The number of cyclic esters (lactones) is 1. The Morgan fingerprint density at radius 3 is 2.50 bits per heavy atom. The molecular weight excluding hydrogens is 328 g/mol. The van der Waals surface area contributed by atoms with Crippen LogP contribution in [0.1, 0.15) is 52.9 Å². The van der Waals surface area contributed by atoms with Crippen molar-refractivity contribution in [1.29, 1.82) is 0 Å². The minimum absolute atomic E-state index is 0.167. The van der Waals surface area contributed by atoms with E-state index in [2.05, 4.69) is 13.8 Å². The lowest BCUT2D eigenvalue weighted by Gasteiger charge is -2.44. The Morgan fingerprint density at radius 2 is 1.85 bits per heavy atom. The molecule has 11 atom stereocenters. The molecule has 4 nitrogen and oxygen atoms in total. The molecular formula is C22H32O4. The number of fused-ring (bicyclic) bond motifs is 9. The van der Waals surface area contributed by atoms with E-state index < -0.39 is 0 Å². The Balaban J connectivity index is 1.33. The fourth-order valence-corrected chi connectivity index (χ4v) is 8.29. The quantitative estimate of drug-likeness (QED) is 0.567. The summed E-state index contributed by atoms with van der Waals surface area (Å²) in [5, 5.41) is 0. The number of esters is 2. The summed E-state index contributed by atoms with van der Waals surface area (Å²) in [6, 6.07) is 0. The highest BCUT2D eigenvalue weighted by atomic mass is 16.6. The van der Waals surface area contributed by atoms with Crippen LogP contribution < -0.4 is 0 Å². The van der Waals surface area contributed by atoms with Crippen molar-refractivity contribution >= 4 is 11.9 Å². The molecule has 0 aromatic heterocycles. The first-order valence-electron chi connectivity index (χ1n) is 10.8. The minimum atomic E-state index is -0.278. The predicted octanol–water partition coefficient (Wildman–Crippen LogP) is 3.68. The van der Waals surface area contributed by atoms with E-state index in [0.29, 0.717) is 18.9 Å². The van der Waals surface area contributed by atoms with Crippen LogP contribution in [0.5, 0.6) is 0 Å². The van der Waals surface area contributed by atoms with Crippen LogP contribution in [0, 0.1) is 59.2 Å². The van der Waals surface area contributed by atoms with Crippen LogP contribution in [0.25, 0.3) is 0 Å². The van der Waals surface area contributed by atoms with Gasteiger partial charge >= 0.3 is 11.9 Å². The van der Waals surface area contributed by atoms with Crippen LogP contribution in [-0.4, -0.2) is 24.6 Å². The van der Waals surface area contributed by atoms with Crippen LogP contribution in [0.15, 0.2) is 0 Å². The molecule has 5 rings (SSSR count). The van der Waals surface area contributed by atoms with Crippen LogP contribution in [0.2, 0.25) is 0 Å². The number of hydrogen-bond donors (Lipinski definition) is 0. The van der Waals surface area contributed by atoms with Gasteiger partial charge in [-0.3, -0.25) is 9.59 Å². The number of rotatable bonds is 4. The molecule has 4 bridgehead atoms. The largest absolute Gasteiger partial charge is 0.465 e. The lowest BCUT2D eigenvalue weighted by Crippen LogP contribution is -2.40. The lowest BCUT2D eigenvalue weighted by molar-refractivity contribution is -0.156. The van der Waals surface area contributed by atoms with Crippen molar-refractivity contribution in [3.05, 3.63) is 0 Å². The molecule has 4 aliphatic carbocycles. The standard InChI is InChI=1S/C22H32O4/c1-10-11(2)17-9-16(10)20-14-6-13(18(7-14)21(17)20)8-19(26-12(3)23)15-4-5-25-22(15)24/h10-11,13-21H,4-9H2,1-3H3. The first kappa shape index (κ1) is 17.1. The van der Waals surface area contributed by atoms with E-state index in [1.165, 1.54) is 26.2 Å². The maximum atomic E-state index is 12.1. The van der Waals surface area contributed by atoms with E-state index in [-0.39, 0.29) is 24.0 Å². The molecule has 0 amide bonds. The van der Waals surface area contributed by atoms with Crippen LogP contribution >= 0.6 is 0 Å². The first-order valence-corrected chi connectivity index (χ1v) is 10.8. The summed E-state index contributed by atoms with van der Waals surface area (Å²) in [4.78, 5) is 23.7. The van der Waals surface area contributed by atoms with E-state index in [1.807, 2.05) is 0 Å². The van der Waals surface area contributed by atoms with Gasteiger partial charge in [0.15, 0.2) is 0 Å². The number of carbonyl (C=O) groups excluding carboxylic acids is 2. The Bertz CT molecular complexity index is 615. The normalized spacial score (nSPS) is 52.2. The Labute approximate surface area is 156 Å². The summed E-state index contributed by atoms with van der Waals surface area (Å²) in [6.45, 7) is 6.89. The highest BCUT2D eigenvalue weighted by Gasteiger charge is 2.65. The maximum Gasteiger partial charge on any atom is 0.312 e. The average Bonchev–Trinajstić information content (AvgIpc) is 3.34. The lowest BCUT2D eigenvalue weighted by atomic mass is 9.61. The SMILES string of the molecule is CC(=O)OC(CC1CC2CC1C1C3CC(C(C)C3C)C21)C1CCOC1=O. The van der Waals surface area contributed by atoms with Crippen molar-refractivity contribution in [2.24, 2.45) is 59.2 Å². The maximum absolute atomic E-state index is 12.1. The second-order valence-corrected chi connectivity index (χ2v) is 10.0. The highest BCUT2D eigenvalue weighted by Crippen LogP contribution is 2.71. The fourth-order valence-electron chi connectivity index (χ4n) is 8.29. The first-order chi connectivity index (χ1) is 12.5. The van der Waals surface area contributed by atoms with Crippen molar-refractivity contribution in [3.8, 4) is 0 Å². The highest BCUT2D eigenvalue weighted by molar-refractivity contribution is 5.75. The molecule has 1 aliphatic heterocycles. The molecule has 4 saturated carbocycles. The second-order valence-electron chi connectivity index (χ2n) is 10.0. The van der Waals surface area contributed by atoms with Gasteiger partial charge in [0.25, 0.3) is 0 Å². The van der Waals surface area contributed by atoms with Crippen LogP contribution in [0.4, 0.5) is 0 Å². The zero-order valence-corrected chi connectivity index (χ0v) is 16.2. The molecule has 4 heteroatoms. The van der Waals surface area contributed by atoms with E-state index >= 15 is 0 Å². The van der Waals surface area contributed by atoms with Gasteiger partial charge in [0.05, 0.1) is 12.5 Å². The third-order valence-electron chi connectivity index (χ3n) is 9.26. The van der Waals surface area contributed by atoms with Gasteiger partial charge in [-0.15, -0.1) is 0 Å². The number of ether oxygens (including phenoxy) is 2. The summed E-state index contributed by atoms with van der Waals surface area (Å²) < 4.78 is 10.8. The predicted molar refractivity (Wildman–Crippen MR) is 95.8 cm³/mol. The van der Waals surface area contributed by atoms with E-state index in [4.69, 9.17) is 9.47 Å². The molecule has 11 unspecified atom stereocenters. The minimum Gasteiger partial charge on any atom is -0.465 e. The fraction of sp³-hybridized carbons (Fsp3) is 0.909. The van der Waals surface area contributed by atoms with Gasteiger partial charge in [-0.2, -0.15) is 0 Å². The summed E-state index contributed by atoms with van der Waals surface area (Å²) in [6.07, 6.45) is 5.41. The van der Waals surface area contributed by atoms with E-state index in [1.54, 1.807) is 0 Å². The van der Waals surface area contributed by atoms with Crippen molar-refractivity contribution in [1.82, 2.24) is 0 Å². The van der Waals surface area contributed by atoms with Gasteiger partial charge in [0, 0.05) is 6.92 Å². The zero-order chi connectivity index (χ0) is 18.2. The third-order valence-corrected chi connectivity index (χ3v) is 9.26. The summed E-state index contributed by atoms with van der Waals surface area (Å²) in [5.41, 5.74) is 0. The third kappa shape index (κ3) is 2.32. The van der Waals surface area contributed by atoms with E-state index in [9.17, 15) is 9.59 Å². The van der Waals surface area contributed by atoms with Gasteiger partial charge < -0.3 is 9.47 Å². The van der Waals surface area contributed by atoms with Crippen molar-refractivity contribution in [2.45, 2.75) is 59.0 Å².